The molecule has 346 valence electrons. The van der Waals surface area contributed by atoms with Crippen molar-refractivity contribution in [1.29, 1.82) is 0 Å². The number of urea groups is 1. The smallest absolute Gasteiger partial charge is 0.410 e. The molecule has 65 heavy (non-hydrogen) atoms. The van der Waals surface area contributed by atoms with Crippen LogP contribution in [0.2, 0.25) is 0 Å². The first-order valence-corrected chi connectivity index (χ1v) is 23.2. The lowest BCUT2D eigenvalue weighted by molar-refractivity contribution is 0.0181. The fourth-order valence-corrected chi connectivity index (χ4v) is 7.94. The Kier molecular flexibility index (Phi) is 14.7. The Hall–Kier alpha value is -6.75. The molecule has 6 rings (SSSR count). The lowest BCUT2D eigenvalue weighted by Crippen LogP contribution is -2.42. The van der Waals surface area contributed by atoms with Gasteiger partial charge >= 0.3 is 12.1 Å². The van der Waals surface area contributed by atoms with Gasteiger partial charge < -0.3 is 45.1 Å². The number of carbonyl (C=O) groups is 3. The van der Waals surface area contributed by atoms with Crippen LogP contribution in [0.5, 0.6) is 23.0 Å². The van der Waals surface area contributed by atoms with Crippen molar-refractivity contribution in [3.63, 3.8) is 0 Å². The van der Waals surface area contributed by atoms with Crippen molar-refractivity contribution >= 4 is 67.4 Å². The molecule has 1 fully saturated rings. The van der Waals surface area contributed by atoms with Gasteiger partial charge in [-0.1, -0.05) is 45.0 Å². The van der Waals surface area contributed by atoms with Gasteiger partial charge in [0.1, 0.15) is 28.7 Å². The number of piperidine rings is 1. The van der Waals surface area contributed by atoms with Crippen molar-refractivity contribution in [3.8, 4) is 23.0 Å². The minimum Gasteiger partial charge on any atom is -0.496 e. The Balaban J connectivity index is 1.09. The number of rotatable bonds is 14. The number of pyridine rings is 1. The molecule has 4 aromatic carbocycles. The monoisotopic (exact) mass is 909 g/mol. The van der Waals surface area contributed by atoms with E-state index in [2.05, 4.69) is 31.0 Å². The van der Waals surface area contributed by atoms with Crippen molar-refractivity contribution < 1.29 is 41.7 Å². The number of nitrogens with zero attached hydrogens (tertiary/aromatic N) is 2. The molecule has 1 saturated heterocycles. The maximum atomic E-state index is 13.6. The molecule has 0 spiro atoms. The molecular formula is C48H59N7O9S. The predicted octanol–water partition coefficient (Wildman–Crippen LogP) is 9.87. The van der Waals surface area contributed by atoms with Gasteiger partial charge in [-0.15, -0.1) is 0 Å². The molecule has 0 unspecified atom stereocenters. The zero-order chi connectivity index (χ0) is 47.1. The summed E-state index contributed by atoms with van der Waals surface area (Å²) in [5.74, 6) is 2.21. The zero-order valence-electron chi connectivity index (χ0n) is 38.4. The SMILES string of the molecule is COc1cc(Nc2cc(Oc3ccc(NC(=O)Nc4cc(C(C)(C)C)cc(NS(C)(=O)=O)c4OC)c4ccccc34)ccn2)ccc1C(=O)NCCC1CCN(C(=O)OC(C)(C)C)CC1. The summed E-state index contributed by atoms with van der Waals surface area (Å²) in [6, 6.07) is 22.5. The highest BCUT2D eigenvalue weighted by atomic mass is 32.2. The molecule has 17 heteroatoms. The number of likely N-dealkylation sites (tertiary alicyclic amines) is 1. The van der Waals surface area contributed by atoms with Gasteiger partial charge in [-0.2, -0.15) is 0 Å². The number of fused-ring (bicyclic) bond motifs is 1. The Morgan fingerprint density at radius 1 is 0.800 bits per heavy atom. The van der Waals surface area contributed by atoms with E-state index in [1.165, 1.54) is 14.2 Å². The summed E-state index contributed by atoms with van der Waals surface area (Å²) in [4.78, 5) is 45.4. The molecule has 5 aromatic rings. The molecule has 1 aromatic heterocycles. The summed E-state index contributed by atoms with van der Waals surface area (Å²) in [6.45, 7) is 13.3. The third kappa shape index (κ3) is 12.9. The summed E-state index contributed by atoms with van der Waals surface area (Å²) >= 11 is 0. The van der Waals surface area contributed by atoms with Gasteiger partial charge in [0, 0.05) is 54.4 Å². The fourth-order valence-electron chi connectivity index (χ4n) is 7.39. The number of hydrogen-bond donors (Lipinski definition) is 5. The molecule has 5 N–H and O–H groups in total. The quantitative estimate of drug-likeness (QED) is 0.0711. The van der Waals surface area contributed by atoms with E-state index in [0.717, 1.165) is 36.5 Å². The van der Waals surface area contributed by atoms with Crippen LogP contribution < -0.4 is 40.2 Å². The molecule has 0 radical (unpaired) electrons. The van der Waals surface area contributed by atoms with Crippen molar-refractivity contribution in [2.75, 3.05) is 60.8 Å². The first-order chi connectivity index (χ1) is 30.7. The molecular weight excluding hydrogens is 851 g/mol. The fraction of sp³-hybridized carbons (Fsp3) is 0.375. The van der Waals surface area contributed by atoms with E-state index in [4.69, 9.17) is 18.9 Å². The first-order valence-electron chi connectivity index (χ1n) is 21.3. The highest BCUT2D eigenvalue weighted by Gasteiger charge is 2.27. The van der Waals surface area contributed by atoms with Crippen LogP contribution in [0.1, 0.15) is 76.7 Å². The second-order valence-corrected chi connectivity index (χ2v) is 19.7. The average Bonchev–Trinajstić information content (AvgIpc) is 3.23. The van der Waals surface area contributed by atoms with Crippen LogP contribution >= 0.6 is 0 Å². The number of benzene rings is 4. The maximum absolute atomic E-state index is 13.6. The molecule has 4 amide bonds. The average molecular weight is 910 g/mol. The van der Waals surface area contributed by atoms with Crippen LogP contribution in [0.3, 0.4) is 0 Å². The Morgan fingerprint density at radius 3 is 2.15 bits per heavy atom. The lowest BCUT2D eigenvalue weighted by Gasteiger charge is -2.33. The van der Waals surface area contributed by atoms with E-state index < -0.39 is 21.7 Å². The summed E-state index contributed by atoms with van der Waals surface area (Å²) in [5, 5.41) is 13.5. The van der Waals surface area contributed by atoms with E-state index in [9.17, 15) is 22.8 Å². The number of amides is 4. The molecule has 0 bridgehead atoms. The second kappa shape index (κ2) is 20.0. The lowest BCUT2D eigenvalue weighted by atomic mass is 9.86. The normalized spacial score (nSPS) is 13.4. The van der Waals surface area contributed by atoms with Crippen LogP contribution in [0.25, 0.3) is 10.8 Å². The van der Waals surface area contributed by atoms with E-state index in [1.807, 2.05) is 65.8 Å². The summed E-state index contributed by atoms with van der Waals surface area (Å²) in [5.41, 5.74) is 1.91. The van der Waals surface area contributed by atoms with Crippen molar-refractivity contribution in [2.24, 2.45) is 5.92 Å². The topological polar surface area (TPSA) is 199 Å². The summed E-state index contributed by atoms with van der Waals surface area (Å²) in [6.07, 6.45) is 4.88. The number of aromatic nitrogens is 1. The van der Waals surface area contributed by atoms with E-state index in [-0.39, 0.29) is 34.5 Å². The van der Waals surface area contributed by atoms with Gasteiger partial charge in [-0.3, -0.25) is 9.52 Å². The minimum atomic E-state index is -3.65. The van der Waals surface area contributed by atoms with Gasteiger partial charge in [0.15, 0.2) is 5.75 Å². The Bertz CT molecular complexity index is 2650. The second-order valence-electron chi connectivity index (χ2n) is 17.9. The van der Waals surface area contributed by atoms with Crippen LogP contribution in [-0.4, -0.2) is 82.0 Å². The van der Waals surface area contributed by atoms with Crippen LogP contribution in [0.4, 0.5) is 38.2 Å². The standard InChI is InChI=1S/C48H59N7O9S/c1-47(2,3)31-26-38(43(62-8)39(27-31)54-65(9,59)60)53-45(57)52-37-16-17-40(35-13-11-10-12-34(35)37)63-33-19-23-49-42(29-33)51-32-14-15-36(41(28-32)61-7)44(56)50-22-18-30-20-24-55(25-21-30)46(58)64-48(4,5)6/h10-17,19,23,26-30,54H,18,20-22,24-25H2,1-9H3,(H,49,51)(H,50,56)(H2,52,53,57). The van der Waals surface area contributed by atoms with Crippen LogP contribution in [0, 0.1) is 5.92 Å². The number of methoxy groups -OCH3 is 2. The van der Waals surface area contributed by atoms with Gasteiger partial charge in [0.05, 0.1) is 43.1 Å². The highest BCUT2D eigenvalue weighted by molar-refractivity contribution is 7.92. The largest absolute Gasteiger partial charge is 0.496 e. The van der Waals surface area contributed by atoms with Crippen molar-refractivity contribution in [3.05, 3.63) is 96.2 Å². The number of sulfonamides is 1. The third-order valence-corrected chi connectivity index (χ3v) is 11.2. The number of anilines is 5. The Labute approximate surface area is 380 Å². The predicted molar refractivity (Wildman–Crippen MR) is 255 cm³/mol. The highest BCUT2D eigenvalue weighted by Crippen LogP contribution is 2.40. The first kappa shape index (κ1) is 47.7. The summed E-state index contributed by atoms with van der Waals surface area (Å²) < 4.78 is 50.0. The van der Waals surface area contributed by atoms with Gasteiger partial charge in [0.2, 0.25) is 10.0 Å². The summed E-state index contributed by atoms with van der Waals surface area (Å²) in [7, 11) is -0.739. The number of hydrogen-bond acceptors (Lipinski definition) is 11. The van der Waals surface area contributed by atoms with E-state index in [1.54, 1.807) is 65.7 Å². The van der Waals surface area contributed by atoms with E-state index in [0.29, 0.717) is 70.9 Å². The van der Waals surface area contributed by atoms with Crippen LogP contribution in [-0.2, 0) is 20.2 Å². The third-order valence-electron chi connectivity index (χ3n) is 10.6. The number of ether oxygens (including phenoxy) is 4. The molecule has 16 nitrogen and oxygen atoms in total. The zero-order valence-corrected chi connectivity index (χ0v) is 39.2. The maximum Gasteiger partial charge on any atom is 0.410 e. The Morgan fingerprint density at radius 2 is 1.49 bits per heavy atom. The van der Waals surface area contributed by atoms with Crippen molar-refractivity contribution in [2.45, 2.75) is 71.8 Å². The molecule has 0 aliphatic carbocycles. The number of nitrogens with one attached hydrogen (secondary N) is 5. The molecule has 1 aliphatic heterocycles. The van der Waals surface area contributed by atoms with E-state index >= 15 is 0 Å². The molecule has 2 heterocycles. The van der Waals surface area contributed by atoms with Crippen molar-refractivity contribution in [1.82, 2.24) is 15.2 Å². The molecule has 0 atom stereocenters. The van der Waals surface area contributed by atoms with Gasteiger partial charge in [-0.25, -0.2) is 23.0 Å². The van der Waals surface area contributed by atoms with Gasteiger partial charge in [0.25, 0.3) is 5.91 Å². The molecule has 1 aliphatic rings. The molecule has 0 saturated carbocycles. The van der Waals surface area contributed by atoms with Gasteiger partial charge in [-0.05, 0) is 99.4 Å². The minimum absolute atomic E-state index is 0.163. The number of carbonyl (C=O) groups excluding carboxylic acids is 3. The van der Waals surface area contributed by atoms with Crippen LogP contribution in [0.15, 0.2) is 85.1 Å².